The number of benzene rings is 1. The van der Waals surface area contributed by atoms with E-state index in [1.807, 2.05) is 0 Å². The van der Waals surface area contributed by atoms with Gasteiger partial charge in [0.05, 0.1) is 6.04 Å². The molecule has 1 aromatic rings. The molecule has 4 nitrogen and oxygen atoms in total. The van der Waals surface area contributed by atoms with E-state index in [2.05, 4.69) is 15.0 Å². The summed E-state index contributed by atoms with van der Waals surface area (Å²) in [5.74, 6) is -3.27. The van der Waals surface area contributed by atoms with Gasteiger partial charge in [0.25, 0.3) is 5.92 Å². The molecular weight excluding hydrogens is 297 g/mol. The fourth-order valence-electron chi connectivity index (χ4n) is 1.87. The van der Waals surface area contributed by atoms with Crippen LogP contribution in [0.4, 0.5) is 27.6 Å². The summed E-state index contributed by atoms with van der Waals surface area (Å²) < 4.78 is 65.2. The molecule has 0 unspecified atom stereocenters. The first-order valence-electron chi connectivity index (χ1n) is 5.97. The highest BCUT2D eigenvalue weighted by atomic mass is 19.4. The van der Waals surface area contributed by atoms with E-state index in [9.17, 15) is 22.0 Å². The lowest BCUT2D eigenvalue weighted by atomic mass is 9.89. The van der Waals surface area contributed by atoms with Gasteiger partial charge in [-0.05, 0) is 12.1 Å². The number of hydrogen-bond donors (Lipinski definition) is 2. The van der Waals surface area contributed by atoms with E-state index in [0.29, 0.717) is 0 Å². The summed E-state index contributed by atoms with van der Waals surface area (Å²) in [6.45, 7) is 0. The van der Waals surface area contributed by atoms with Crippen LogP contribution in [0.25, 0.3) is 0 Å². The SMILES string of the molecule is NC(=NC1CC(F)(F)C1)Nc1cccc(OC(F)(F)F)c1. The minimum atomic E-state index is -4.80. The highest BCUT2D eigenvalue weighted by Gasteiger charge is 2.45. The van der Waals surface area contributed by atoms with Crippen LogP contribution in [-0.2, 0) is 0 Å². The number of aliphatic imine (C=N–C) groups is 1. The van der Waals surface area contributed by atoms with Gasteiger partial charge in [-0.1, -0.05) is 6.07 Å². The summed E-state index contributed by atoms with van der Waals surface area (Å²) >= 11 is 0. The normalized spacial score (nSPS) is 19.0. The zero-order valence-corrected chi connectivity index (χ0v) is 10.6. The molecule has 9 heteroatoms. The summed E-state index contributed by atoms with van der Waals surface area (Å²) in [5, 5.41) is 2.53. The number of alkyl halides is 5. The number of anilines is 1. The number of nitrogens with zero attached hydrogens (tertiary/aromatic N) is 1. The molecule has 0 aromatic heterocycles. The molecule has 0 heterocycles. The third-order valence-corrected chi connectivity index (χ3v) is 2.73. The van der Waals surface area contributed by atoms with Crippen LogP contribution in [0.3, 0.4) is 0 Å². The molecule has 1 aliphatic rings. The summed E-state index contributed by atoms with van der Waals surface area (Å²) in [5.41, 5.74) is 5.73. The maximum absolute atomic E-state index is 12.6. The van der Waals surface area contributed by atoms with Crippen LogP contribution in [0.15, 0.2) is 29.3 Å². The molecule has 3 N–H and O–H groups in total. The van der Waals surface area contributed by atoms with Crippen LogP contribution in [0.1, 0.15) is 12.8 Å². The molecule has 21 heavy (non-hydrogen) atoms. The summed E-state index contributed by atoms with van der Waals surface area (Å²) in [6.07, 6.45) is -5.56. The van der Waals surface area contributed by atoms with Crippen molar-refractivity contribution in [3.63, 3.8) is 0 Å². The van der Waals surface area contributed by atoms with Crippen molar-refractivity contribution in [2.24, 2.45) is 10.7 Å². The Hall–Kier alpha value is -2.06. The smallest absolute Gasteiger partial charge is 0.406 e. The Labute approximate surface area is 116 Å². The number of nitrogens with two attached hydrogens (primary N) is 1. The number of halogens is 5. The highest BCUT2D eigenvalue weighted by Crippen LogP contribution is 2.39. The number of hydrogen-bond acceptors (Lipinski definition) is 2. The fourth-order valence-corrected chi connectivity index (χ4v) is 1.87. The van der Waals surface area contributed by atoms with Gasteiger partial charge in [0.2, 0.25) is 0 Å². The highest BCUT2D eigenvalue weighted by molar-refractivity contribution is 5.92. The molecule has 0 aliphatic heterocycles. The lowest BCUT2D eigenvalue weighted by Crippen LogP contribution is -2.40. The van der Waals surface area contributed by atoms with Gasteiger partial charge in [0.15, 0.2) is 5.96 Å². The molecule has 1 aliphatic carbocycles. The molecule has 1 saturated carbocycles. The van der Waals surface area contributed by atoms with Crippen LogP contribution in [0.2, 0.25) is 0 Å². The second-order valence-electron chi connectivity index (χ2n) is 4.63. The van der Waals surface area contributed by atoms with Gasteiger partial charge < -0.3 is 15.8 Å². The Kier molecular flexibility index (Phi) is 3.93. The van der Waals surface area contributed by atoms with Crippen molar-refractivity contribution in [2.45, 2.75) is 31.2 Å². The average Bonchev–Trinajstić information content (AvgIpc) is 2.23. The Morgan fingerprint density at radius 2 is 2.00 bits per heavy atom. The van der Waals surface area contributed by atoms with Gasteiger partial charge >= 0.3 is 6.36 Å². The largest absolute Gasteiger partial charge is 0.573 e. The summed E-state index contributed by atoms with van der Waals surface area (Å²) in [6, 6.07) is 4.39. The van der Waals surface area contributed by atoms with Gasteiger partial charge in [0, 0.05) is 24.6 Å². The third-order valence-electron chi connectivity index (χ3n) is 2.73. The minimum Gasteiger partial charge on any atom is -0.406 e. The molecule has 0 spiro atoms. The van der Waals surface area contributed by atoms with Gasteiger partial charge in [0.1, 0.15) is 5.75 Å². The molecule has 0 amide bonds. The van der Waals surface area contributed by atoms with E-state index in [-0.39, 0.29) is 24.5 Å². The van der Waals surface area contributed by atoms with Crippen LogP contribution in [0, 0.1) is 0 Å². The third kappa shape index (κ3) is 4.76. The first kappa shape index (κ1) is 15.3. The standard InChI is InChI=1S/C12H12F5N3O/c13-11(14)5-8(6-11)20-10(18)19-7-2-1-3-9(4-7)21-12(15,16)17/h1-4,8H,5-6H2,(H3,18,19,20). The molecule has 0 radical (unpaired) electrons. The maximum atomic E-state index is 12.6. The van der Waals surface area contributed by atoms with Crippen molar-refractivity contribution in [1.29, 1.82) is 0 Å². The van der Waals surface area contributed by atoms with Crippen molar-refractivity contribution in [1.82, 2.24) is 0 Å². The predicted octanol–water partition coefficient (Wildman–Crippen LogP) is 3.11. The second kappa shape index (κ2) is 5.38. The molecule has 1 aromatic carbocycles. The minimum absolute atomic E-state index is 0.139. The topological polar surface area (TPSA) is 59.6 Å². The van der Waals surface area contributed by atoms with Crippen molar-refractivity contribution < 1.29 is 26.7 Å². The monoisotopic (exact) mass is 309 g/mol. The van der Waals surface area contributed by atoms with Gasteiger partial charge in [-0.3, -0.25) is 0 Å². The molecule has 1 fully saturated rings. The lowest BCUT2D eigenvalue weighted by molar-refractivity contribution is -0.274. The van der Waals surface area contributed by atoms with Gasteiger partial charge in [-0.2, -0.15) is 0 Å². The van der Waals surface area contributed by atoms with Gasteiger partial charge in [-0.15, -0.1) is 13.2 Å². The van der Waals surface area contributed by atoms with Crippen LogP contribution in [-0.4, -0.2) is 24.3 Å². The maximum Gasteiger partial charge on any atom is 0.573 e. The van der Waals surface area contributed by atoms with Crippen molar-refractivity contribution in [2.75, 3.05) is 5.32 Å². The number of nitrogens with one attached hydrogen (secondary N) is 1. The van der Waals surface area contributed by atoms with Crippen molar-refractivity contribution >= 4 is 11.6 Å². The number of rotatable bonds is 3. The predicted molar refractivity (Wildman–Crippen MR) is 66.3 cm³/mol. The zero-order valence-electron chi connectivity index (χ0n) is 10.6. The fraction of sp³-hybridized carbons (Fsp3) is 0.417. The summed E-state index contributed by atoms with van der Waals surface area (Å²) in [4.78, 5) is 3.82. The van der Waals surface area contributed by atoms with Crippen LogP contribution < -0.4 is 15.8 Å². The molecule has 0 bridgehead atoms. The van der Waals surface area contributed by atoms with E-state index in [0.717, 1.165) is 12.1 Å². The average molecular weight is 309 g/mol. The number of guanidine groups is 1. The van der Waals surface area contributed by atoms with E-state index in [1.54, 1.807) is 0 Å². The van der Waals surface area contributed by atoms with E-state index in [4.69, 9.17) is 5.73 Å². The van der Waals surface area contributed by atoms with Crippen molar-refractivity contribution in [3.05, 3.63) is 24.3 Å². The van der Waals surface area contributed by atoms with Crippen LogP contribution in [0.5, 0.6) is 5.75 Å². The first-order valence-corrected chi connectivity index (χ1v) is 5.97. The summed E-state index contributed by atoms with van der Waals surface area (Å²) in [7, 11) is 0. The Bertz CT molecular complexity index is 536. The van der Waals surface area contributed by atoms with E-state index < -0.39 is 24.1 Å². The molecule has 116 valence electrons. The first-order chi connectivity index (χ1) is 9.63. The molecule has 0 atom stereocenters. The molecular formula is C12H12F5N3O. The zero-order chi connectivity index (χ0) is 15.7. The Balaban J connectivity index is 1.96. The molecule has 2 rings (SSSR count). The lowest BCUT2D eigenvalue weighted by Gasteiger charge is -2.32. The number of ether oxygens (including phenoxy) is 1. The van der Waals surface area contributed by atoms with E-state index >= 15 is 0 Å². The Morgan fingerprint density at radius 3 is 2.57 bits per heavy atom. The van der Waals surface area contributed by atoms with Crippen LogP contribution >= 0.6 is 0 Å². The molecule has 0 saturated heterocycles. The Morgan fingerprint density at radius 1 is 1.33 bits per heavy atom. The van der Waals surface area contributed by atoms with Crippen molar-refractivity contribution in [3.8, 4) is 5.75 Å². The van der Waals surface area contributed by atoms with E-state index in [1.165, 1.54) is 12.1 Å². The second-order valence-corrected chi connectivity index (χ2v) is 4.63. The van der Waals surface area contributed by atoms with Gasteiger partial charge in [-0.25, -0.2) is 13.8 Å². The quantitative estimate of drug-likeness (QED) is 0.512.